The molecule has 0 spiro atoms. The summed E-state index contributed by atoms with van der Waals surface area (Å²) in [5.74, 6) is 0. The van der Waals surface area contributed by atoms with Crippen molar-refractivity contribution in [3.05, 3.63) is 50.6 Å². The standard InChI is InChI=1S/C14H6Cl3F3N2/c15-9-3-2-8(11(16)12(9)17)10-4-1-7(5-6-21)13(22-10)14(18,19)20/h1-4H,5H2. The number of nitriles is 1. The molecule has 1 aromatic heterocycles. The predicted molar refractivity (Wildman–Crippen MR) is 79.0 cm³/mol. The molecule has 0 aliphatic carbocycles. The van der Waals surface area contributed by atoms with Crippen molar-refractivity contribution in [3.63, 3.8) is 0 Å². The number of hydrogen-bond acceptors (Lipinski definition) is 2. The molecule has 2 rings (SSSR count). The first kappa shape index (κ1) is 16.9. The quantitative estimate of drug-likeness (QED) is 0.631. The van der Waals surface area contributed by atoms with E-state index < -0.39 is 18.3 Å². The first-order chi connectivity index (χ1) is 10.3. The zero-order valence-electron chi connectivity index (χ0n) is 10.7. The highest BCUT2D eigenvalue weighted by atomic mass is 35.5. The van der Waals surface area contributed by atoms with Crippen LogP contribution in [0.2, 0.25) is 15.1 Å². The number of alkyl halides is 3. The van der Waals surface area contributed by atoms with Crippen LogP contribution in [0.5, 0.6) is 0 Å². The molecule has 22 heavy (non-hydrogen) atoms. The fourth-order valence-corrected chi connectivity index (χ4v) is 2.47. The molecule has 0 unspecified atom stereocenters. The summed E-state index contributed by atoms with van der Waals surface area (Å²) < 4.78 is 39.2. The fraction of sp³-hybridized carbons (Fsp3) is 0.143. The summed E-state index contributed by atoms with van der Waals surface area (Å²) in [7, 11) is 0. The van der Waals surface area contributed by atoms with Crippen LogP contribution in [-0.4, -0.2) is 4.98 Å². The van der Waals surface area contributed by atoms with Gasteiger partial charge in [-0.05, 0) is 23.8 Å². The second kappa shape index (κ2) is 6.33. The molecule has 114 valence electrons. The van der Waals surface area contributed by atoms with E-state index in [1.54, 1.807) is 6.07 Å². The number of aromatic nitrogens is 1. The molecule has 0 atom stereocenters. The van der Waals surface area contributed by atoms with E-state index in [0.717, 1.165) is 0 Å². The number of nitrogens with zero attached hydrogens (tertiary/aromatic N) is 2. The van der Waals surface area contributed by atoms with Crippen LogP contribution in [0.1, 0.15) is 11.3 Å². The van der Waals surface area contributed by atoms with Gasteiger partial charge in [0.25, 0.3) is 0 Å². The van der Waals surface area contributed by atoms with Crippen molar-refractivity contribution in [2.24, 2.45) is 0 Å². The van der Waals surface area contributed by atoms with Crippen LogP contribution < -0.4 is 0 Å². The predicted octanol–water partition coefficient (Wildman–Crippen LogP) is 5.79. The van der Waals surface area contributed by atoms with Crippen LogP contribution in [0.25, 0.3) is 11.3 Å². The van der Waals surface area contributed by atoms with Gasteiger partial charge in [0.05, 0.1) is 33.3 Å². The van der Waals surface area contributed by atoms with E-state index in [1.807, 2.05) is 0 Å². The Hall–Kier alpha value is -1.48. The van der Waals surface area contributed by atoms with Crippen LogP contribution in [0.3, 0.4) is 0 Å². The van der Waals surface area contributed by atoms with Gasteiger partial charge in [-0.2, -0.15) is 18.4 Å². The molecule has 0 saturated carbocycles. The van der Waals surface area contributed by atoms with Gasteiger partial charge in [-0.25, -0.2) is 4.98 Å². The maximum atomic E-state index is 13.1. The van der Waals surface area contributed by atoms with E-state index in [4.69, 9.17) is 40.1 Å². The molecular weight excluding hydrogens is 360 g/mol. The van der Waals surface area contributed by atoms with E-state index in [-0.39, 0.29) is 31.9 Å². The van der Waals surface area contributed by atoms with Gasteiger partial charge in [0.2, 0.25) is 0 Å². The molecule has 0 aliphatic rings. The van der Waals surface area contributed by atoms with Gasteiger partial charge >= 0.3 is 6.18 Å². The highest BCUT2D eigenvalue weighted by molar-refractivity contribution is 6.49. The zero-order chi connectivity index (χ0) is 16.5. The summed E-state index contributed by atoms with van der Waals surface area (Å²) in [6.45, 7) is 0. The van der Waals surface area contributed by atoms with Crippen molar-refractivity contribution in [1.82, 2.24) is 4.98 Å². The summed E-state index contributed by atoms with van der Waals surface area (Å²) in [5, 5.41) is 8.85. The Morgan fingerprint density at radius 2 is 1.73 bits per heavy atom. The molecular formula is C14H6Cl3F3N2. The first-order valence-corrected chi connectivity index (χ1v) is 6.97. The number of pyridine rings is 1. The monoisotopic (exact) mass is 364 g/mol. The second-order valence-electron chi connectivity index (χ2n) is 4.26. The molecule has 0 N–H and O–H groups in total. The average molecular weight is 366 g/mol. The van der Waals surface area contributed by atoms with Gasteiger partial charge in [0, 0.05) is 5.56 Å². The van der Waals surface area contributed by atoms with Gasteiger partial charge in [-0.1, -0.05) is 40.9 Å². The molecule has 0 aliphatic heterocycles. The molecule has 2 aromatic rings. The average Bonchev–Trinajstić information content (AvgIpc) is 2.45. The molecule has 1 heterocycles. The van der Waals surface area contributed by atoms with Crippen molar-refractivity contribution < 1.29 is 13.2 Å². The van der Waals surface area contributed by atoms with E-state index >= 15 is 0 Å². The number of rotatable bonds is 2. The Balaban J connectivity index is 2.64. The molecule has 0 bridgehead atoms. The maximum Gasteiger partial charge on any atom is 0.433 e. The highest BCUT2D eigenvalue weighted by Gasteiger charge is 2.35. The third-order valence-electron chi connectivity index (χ3n) is 2.83. The van der Waals surface area contributed by atoms with E-state index in [0.29, 0.717) is 0 Å². The lowest BCUT2D eigenvalue weighted by molar-refractivity contribution is -0.141. The summed E-state index contributed by atoms with van der Waals surface area (Å²) in [5.41, 5.74) is -1.09. The number of hydrogen-bond donors (Lipinski definition) is 0. The van der Waals surface area contributed by atoms with Crippen LogP contribution >= 0.6 is 34.8 Å². The smallest absolute Gasteiger partial charge is 0.243 e. The van der Waals surface area contributed by atoms with E-state index in [9.17, 15) is 13.2 Å². The van der Waals surface area contributed by atoms with Gasteiger partial charge in [0.15, 0.2) is 0 Å². The summed E-state index contributed by atoms with van der Waals surface area (Å²) in [4.78, 5) is 3.60. The normalized spacial score (nSPS) is 11.3. The lowest BCUT2D eigenvalue weighted by Gasteiger charge is -2.13. The molecule has 8 heteroatoms. The van der Waals surface area contributed by atoms with Crippen LogP contribution in [0, 0.1) is 11.3 Å². The number of benzene rings is 1. The summed E-state index contributed by atoms with van der Waals surface area (Å²) in [6, 6.07) is 7.09. The van der Waals surface area contributed by atoms with Gasteiger partial charge < -0.3 is 0 Å². The van der Waals surface area contributed by atoms with E-state index in [2.05, 4.69) is 4.98 Å². The Bertz CT molecular complexity index is 767. The molecule has 0 amide bonds. The minimum absolute atomic E-state index is 0.00224. The van der Waals surface area contributed by atoms with Crippen LogP contribution in [-0.2, 0) is 12.6 Å². The summed E-state index contributed by atoms with van der Waals surface area (Å²) >= 11 is 17.7. The van der Waals surface area contributed by atoms with Gasteiger partial charge in [0.1, 0.15) is 5.69 Å². The molecule has 0 fully saturated rings. The molecule has 2 nitrogen and oxygen atoms in total. The third-order valence-corrected chi connectivity index (χ3v) is 4.12. The Morgan fingerprint density at radius 1 is 1.05 bits per heavy atom. The van der Waals surface area contributed by atoms with Gasteiger partial charge in [-0.3, -0.25) is 0 Å². The lowest BCUT2D eigenvalue weighted by Crippen LogP contribution is -2.12. The molecule has 1 aromatic carbocycles. The van der Waals surface area contributed by atoms with Crippen molar-refractivity contribution in [2.75, 3.05) is 0 Å². The number of halogens is 6. The second-order valence-corrected chi connectivity index (χ2v) is 5.42. The topological polar surface area (TPSA) is 36.7 Å². The van der Waals surface area contributed by atoms with E-state index in [1.165, 1.54) is 24.3 Å². The molecule has 0 saturated heterocycles. The minimum Gasteiger partial charge on any atom is -0.243 e. The van der Waals surface area contributed by atoms with Crippen molar-refractivity contribution in [1.29, 1.82) is 5.26 Å². The largest absolute Gasteiger partial charge is 0.433 e. The van der Waals surface area contributed by atoms with Gasteiger partial charge in [-0.15, -0.1) is 0 Å². The lowest BCUT2D eigenvalue weighted by atomic mass is 10.1. The van der Waals surface area contributed by atoms with Crippen LogP contribution in [0.4, 0.5) is 13.2 Å². The van der Waals surface area contributed by atoms with Crippen LogP contribution in [0.15, 0.2) is 24.3 Å². The minimum atomic E-state index is -4.68. The van der Waals surface area contributed by atoms with Crippen molar-refractivity contribution >= 4 is 34.8 Å². The Labute approximate surface area is 139 Å². The zero-order valence-corrected chi connectivity index (χ0v) is 12.9. The fourth-order valence-electron chi connectivity index (χ4n) is 1.83. The SMILES string of the molecule is N#CCc1ccc(-c2ccc(Cl)c(Cl)c2Cl)nc1C(F)(F)F. The van der Waals surface area contributed by atoms with Crippen molar-refractivity contribution in [3.8, 4) is 17.3 Å². The Kier molecular flexibility index (Phi) is 4.86. The maximum absolute atomic E-state index is 13.1. The summed E-state index contributed by atoms with van der Waals surface area (Å²) in [6.07, 6.45) is -5.07. The third kappa shape index (κ3) is 3.30. The van der Waals surface area contributed by atoms with Crippen molar-refractivity contribution in [2.45, 2.75) is 12.6 Å². The Morgan fingerprint density at radius 3 is 2.32 bits per heavy atom. The first-order valence-electron chi connectivity index (χ1n) is 5.83. The molecule has 0 radical (unpaired) electrons. The highest BCUT2D eigenvalue weighted by Crippen LogP contribution is 2.39.